The number of carbonyl (C=O) groups excluding carboxylic acids is 3. The summed E-state index contributed by atoms with van der Waals surface area (Å²) in [5.74, 6) is -3.08. The van der Waals surface area contributed by atoms with Crippen LogP contribution in [-0.2, 0) is 24.3 Å². The summed E-state index contributed by atoms with van der Waals surface area (Å²) in [4.78, 5) is 36.2. The molecule has 0 saturated carbocycles. The molecule has 9 nitrogen and oxygen atoms in total. The summed E-state index contributed by atoms with van der Waals surface area (Å²) >= 11 is 5.71. The monoisotopic (exact) mass is 472 g/mol. The maximum absolute atomic E-state index is 13.4. The highest BCUT2D eigenvalue weighted by Gasteiger charge is 2.22. The highest BCUT2D eigenvalue weighted by Crippen LogP contribution is 2.24. The molecule has 0 heterocycles. The van der Waals surface area contributed by atoms with Gasteiger partial charge in [0.05, 0.1) is 42.3 Å². The molecule has 0 spiro atoms. The van der Waals surface area contributed by atoms with E-state index in [0.717, 1.165) is 43.0 Å². The Labute approximate surface area is 182 Å². The van der Waals surface area contributed by atoms with Crippen LogP contribution in [0.5, 0.6) is 0 Å². The maximum Gasteiger partial charge on any atom is 0.337 e. The molecule has 2 rings (SSSR count). The summed E-state index contributed by atoms with van der Waals surface area (Å²) in [6, 6.07) is 6.90. The minimum absolute atomic E-state index is 0.0254. The lowest BCUT2D eigenvalue weighted by Crippen LogP contribution is -2.37. The summed E-state index contributed by atoms with van der Waals surface area (Å²) in [7, 11) is -1.66. The lowest BCUT2D eigenvalue weighted by atomic mass is 10.1. The van der Waals surface area contributed by atoms with E-state index in [-0.39, 0.29) is 27.5 Å². The fraction of sp³-hybridized carbons (Fsp3) is 0.211. The van der Waals surface area contributed by atoms with Crippen LogP contribution < -0.4 is 9.62 Å². The zero-order chi connectivity index (χ0) is 23.3. The summed E-state index contributed by atoms with van der Waals surface area (Å²) in [6.45, 7) is -0.684. The molecule has 0 aliphatic carbocycles. The Balaban J connectivity index is 2.35. The van der Waals surface area contributed by atoms with Crippen molar-refractivity contribution in [2.75, 3.05) is 36.6 Å². The van der Waals surface area contributed by atoms with E-state index in [1.165, 1.54) is 18.2 Å². The molecule has 0 saturated heterocycles. The maximum atomic E-state index is 13.4. The van der Waals surface area contributed by atoms with E-state index in [9.17, 15) is 27.2 Å². The fourth-order valence-electron chi connectivity index (χ4n) is 2.54. The zero-order valence-electron chi connectivity index (χ0n) is 16.6. The van der Waals surface area contributed by atoms with Crippen LogP contribution in [0.15, 0.2) is 36.4 Å². The number of nitrogens with one attached hydrogen (secondary N) is 1. The Hall–Kier alpha value is -3.18. The third-order valence-corrected chi connectivity index (χ3v) is 5.37. The molecule has 2 aromatic rings. The molecule has 0 fully saturated rings. The Bertz CT molecular complexity index is 1100. The number of halogens is 2. The molecular formula is C19H18ClFN2O7S. The van der Waals surface area contributed by atoms with Crippen LogP contribution >= 0.6 is 11.6 Å². The molecule has 0 unspecified atom stereocenters. The van der Waals surface area contributed by atoms with Gasteiger partial charge in [0.25, 0.3) is 0 Å². The van der Waals surface area contributed by atoms with Gasteiger partial charge >= 0.3 is 11.9 Å². The van der Waals surface area contributed by atoms with Gasteiger partial charge in [-0.15, -0.1) is 0 Å². The first-order valence-corrected chi connectivity index (χ1v) is 10.7. The minimum Gasteiger partial charge on any atom is -0.465 e. The number of anilines is 2. The van der Waals surface area contributed by atoms with Gasteiger partial charge < -0.3 is 14.8 Å². The van der Waals surface area contributed by atoms with E-state index < -0.39 is 40.2 Å². The number of esters is 2. The minimum atomic E-state index is -3.94. The number of carbonyl (C=O) groups is 3. The molecule has 12 heteroatoms. The molecule has 1 amide bonds. The van der Waals surface area contributed by atoms with E-state index in [0.29, 0.717) is 0 Å². The van der Waals surface area contributed by atoms with Crippen molar-refractivity contribution in [1.82, 2.24) is 0 Å². The SMILES string of the molecule is COC(=O)c1cc(NC(=O)CN(c2ccc(F)c(Cl)c2)S(C)(=O)=O)cc(C(=O)OC)c1. The standard InChI is InChI=1S/C19H18ClFN2O7S/c1-29-18(25)11-6-12(19(26)30-2)8-13(7-11)22-17(24)10-23(31(3,27)28)14-4-5-16(21)15(20)9-14/h4-9H,10H2,1-3H3,(H,22,24). The third-order valence-electron chi connectivity index (χ3n) is 3.94. The van der Waals surface area contributed by atoms with E-state index in [1.807, 2.05) is 0 Å². The van der Waals surface area contributed by atoms with Gasteiger partial charge in [0.2, 0.25) is 15.9 Å². The van der Waals surface area contributed by atoms with Crippen molar-refractivity contribution in [1.29, 1.82) is 0 Å². The van der Waals surface area contributed by atoms with E-state index >= 15 is 0 Å². The summed E-state index contributed by atoms with van der Waals surface area (Å²) in [5.41, 5.74) is -0.0709. The van der Waals surface area contributed by atoms with Crippen LogP contribution in [0, 0.1) is 5.82 Å². The highest BCUT2D eigenvalue weighted by molar-refractivity contribution is 7.92. The van der Waals surface area contributed by atoms with Crippen LogP contribution in [-0.4, -0.2) is 53.3 Å². The van der Waals surface area contributed by atoms with E-state index in [2.05, 4.69) is 14.8 Å². The molecule has 166 valence electrons. The van der Waals surface area contributed by atoms with Gasteiger partial charge in [0.15, 0.2) is 0 Å². The van der Waals surface area contributed by atoms with Crippen molar-refractivity contribution in [2.45, 2.75) is 0 Å². The first kappa shape index (κ1) is 24.1. The average molecular weight is 473 g/mol. The Morgan fingerprint density at radius 3 is 2.03 bits per heavy atom. The lowest BCUT2D eigenvalue weighted by molar-refractivity contribution is -0.114. The number of benzene rings is 2. The van der Waals surface area contributed by atoms with Crippen molar-refractivity contribution in [3.05, 3.63) is 58.4 Å². The van der Waals surface area contributed by atoms with Crippen molar-refractivity contribution in [3.63, 3.8) is 0 Å². The fourth-order valence-corrected chi connectivity index (χ4v) is 3.57. The van der Waals surface area contributed by atoms with Gasteiger partial charge in [-0.05, 0) is 36.4 Å². The first-order valence-electron chi connectivity index (χ1n) is 8.50. The van der Waals surface area contributed by atoms with Crippen molar-refractivity contribution in [3.8, 4) is 0 Å². The summed E-state index contributed by atoms with van der Waals surface area (Å²) in [5, 5.41) is 2.09. The van der Waals surface area contributed by atoms with E-state index in [4.69, 9.17) is 11.6 Å². The molecule has 0 aliphatic heterocycles. The quantitative estimate of drug-likeness (QED) is 0.614. The number of sulfonamides is 1. The van der Waals surface area contributed by atoms with Gasteiger partial charge in [-0.25, -0.2) is 22.4 Å². The second kappa shape index (κ2) is 9.75. The van der Waals surface area contributed by atoms with Gasteiger partial charge in [0.1, 0.15) is 12.4 Å². The predicted octanol–water partition coefficient (Wildman–Crippen LogP) is 2.46. The lowest BCUT2D eigenvalue weighted by Gasteiger charge is -2.22. The summed E-state index contributed by atoms with van der Waals surface area (Å²) in [6.07, 6.45) is 0.866. The van der Waals surface area contributed by atoms with Gasteiger partial charge in [-0.1, -0.05) is 11.6 Å². The van der Waals surface area contributed by atoms with Crippen LogP contribution in [0.4, 0.5) is 15.8 Å². The number of ether oxygens (including phenoxy) is 2. The molecule has 0 aliphatic rings. The molecule has 0 bridgehead atoms. The number of amides is 1. The third kappa shape index (κ3) is 6.15. The molecule has 2 aromatic carbocycles. The van der Waals surface area contributed by atoms with Gasteiger partial charge in [0, 0.05) is 5.69 Å². The Morgan fingerprint density at radius 2 is 1.58 bits per heavy atom. The van der Waals surface area contributed by atoms with Crippen LogP contribution in [0.1, 0.15) is 20.7 Å². The van der Waals surface area contributed by atoms with Crippen LogP contribution in [0.25, 0.3) is 0 Å². The smallest absolute Gasteiger partial charge is 0.337 e. The van der Waals surface area contributed by atoms with Gasteiger partial charge in [-0.2, -0.15) is 0 Å². The van der Waals surface area contributed by atoms with Gasteiger partial charge in [-0.3, -0.25) is 9.10 Å². The Kier molecular flexibility index (Phi) is 7.58. The van der Waals surface area contributed by atoms with Crippen LogP contribution in [0.3, 0.4) is 0 Å². The highest BCUT2D eigenvalue weighted by atomic mass is 35.5. The zero-order valence-corrected chi connectivity index (χ0v) is 18.2. The first-order chi connectivity index (χ1) is 14.5. The number of methoxy groups -OCH3 is 2. The average Bonchev–Trinajstić information content (AvgIpc) is 2.71. The normalized spacial score (nSPS) is 10.9. The largest absolute Gasteiger partial charge is 0.465 e. The molecule has 0 radical (unpaired) electrons. The number of hydrogen-bond acceptors (Lipinski definition) is 7. The number of nitrogens with zero attached hydrogens (tertiary/aromatic N) is 1. The number of rotatable bonds is 7. The molecule has 0 atom stereocenters. The van der Waals surface area contributed by atoms with Crippen molar-refractivity contribution >= 4 is 50.8 Å². The van der Waals surface area contributed by atoms with Crippen molar-refractivity contribution < 1.29 is 36.7 Å². The molecule has 1 N–H and O–H groups in total. The summed E-state index contributed by atoms with van der Waals surface area (Å²) < 4.78 is 47.7. The molecule has 31 heavy (non-hydrogen) atoms. The second-order valence-corrected chi connectivity index (χ2v) is 8.51. The molecule has 0 aromatic heterocycles. The predicted molar refractivity (Wildman–Crippen MR) is 111 cm³/mol. The second-order valence-electron chi connectivity index (χ2n) is 6.20. The van der Waals surface area contributed by atoms with E-state index in [1.54, 1.807) is 0 Å². The number of hydrogen-bond donors (Lipinski definition) is 1. The van der Waals surface area contributed by atoms with Crippen LogP contribution in [0.2, 0.25) is 5.02 Å². The molecular weight excluding hydrogens is 455 g/mol. The Morgan fingerprint density at radius 1 is 1.03 bits per heavy atom. The topological polar surface area (TPSA) is 119 Å². The van der Waals surface area contributed by atoms with Crippen molar-refractivity contribution in [2.24, 2.45) is 0 Å².